The lowest BCUT2D eigenvalue weighted by Crippen LogP contribution is -2.10. The summed E-state index contributed by atoms with van der Waals surface area (Å²) in [5.41, 5.74) is 4.05. The van der Waals surface area contributed by atoms with Crippen molar-refractivity contribution in [2.24, 2.45) is 7.05 Å². The molecule has 0 aliphatic carbocycles. The maximum atomic E-state index is 13.0. The first-order chi connectivity index (χ1) is 12.4. The molecule has 2 aromatic heterocycles. The quantitative estimate of drug-likeness (QED) is 0.717. The van der Waals surface area contributed by atoms with Crippen molar-refractivity contribution in [3.63, 3.8) is 0 Å². The number of carbonyl (C=O) groups is 1. The van der Waals surface area contributed by atoms with E-state index in [0.717, 1.165) is 22.5 Å². The fourth-order valence-electron chi connectivity index (χ4n) is 2.66. The molecule has 1 aromatic carbocycles. The summed E-state index contributed by atoms with van der Waals surface area (Å²) in [5, 5.41) is 11.4. The molecule has 0 saturated heterocycles. The van der Waals surface area contributed by atoms with E-state index >= 15 is 0 Å². The van der Waals surface area contributed by atoms with Crippen molar-refractivity contribution in [1.82, 2.24) is 19.6 Å². The van der Waals surface area contributed by atoms with E-state index in [2.05, 4.69) is 15.5 Å². The molecular formula is C19H20FN5O. The van der Waals surface area contributed by atoms with Crippen molar-refractivity contribution in [3.8, 4) is 0 Å². The number of amides is 1. The Balaban J connectivity index is 1.72. The van der Waals surface area contributed by atoms with Crippen LogP contribution in [0.5, 0.6) is 0 Å². The lowest BCUT2D eigenvalue weighted by molar-refractivity contribution is -0.111. The van der Waals surface area contributed by atoms with Crippen molar-refractivity contribution < 1.29 is 9.18 Å². The highest BCUT2D eigenvalue weighted by Crippen LogP contribution is 2.20. The summed E-state index contributed by atoms with van der Waals surface area (Å²) in [7, 11) is 1.82. The Morgan fingerprint density at radius 1 is 1.27 bits per heavy atom. The highest BCUT2D eigenvalue weighted by Gasteiger charge is 2.13. The fourth-order valence-corrected chi connectivity index (χ4v) is 2.66. The molecule has 0 aliphatic rings. The molecule has 0 unspecified atom stereocenters. The Hall–Kier alpha value is -3.22. The first-order valence-electron chi connectivity index (χ1n) is 8.18. The number of nitrogens with zero attached hydrogens (tertiary/aromatic N) is 4. The average Bonchev–Trinajstić information content (AvgIpc) is 3.13. The van der Waals surface area contributed by atoms with Gasteiger partial charge in [0.25, 0.3) is 0 Å². The summed E-state index contributed by atoms with van der Waals surface area (Å²) in [5.74, 6) is -0.503. The molecule has 0 saturated carbocycles. The Morgan fingerprint density at radius 2 is 2.00 bits per heavy atom. The number of halogens is 1. The second-order valence-corrected chi connectivity index (χ2v) is 6.10. The number of aromatic nitrogens is 4. The van der Waals surface area contributed by atoms with Gasteiger partial charge in [-0.1, -0.05) is 12.1 Å². The van der Waals surface area contributed by atoms with Gasteiger partial charge in [0.2, 0.25) is 5.91 Å². The van der Waals surface area contributed by atoms with Crippen LogP contribution in [0.2, 0.25) is 0 Å². The van der Waals surface area contributed by atoms with Crippen LogP contribution in [0.15, 0.2) is 42.7 Å². The first-order valence-corrected chi connectivity index (χ1v) is 8.18. The molecule has 1 N–H and O–H groups in total. The number of aryl methyl sites for hydroxylation is 2. The predicted molar refractivity (Wildman–Crippen MR) is 98.1 cm³/mol. The van der Waals surface area contributed by atoms with E-state index in [4.69, 9.17) is 0 Å². The van der Waals surface area contributed by atoms with E-state index in [1.807, 2.05) is 27.1 Å². The molecule has 0 radical (unpaired) electrons. The molecule has 2 heterocycles. The summed E-state index contributed by atoms with van der Waals surface area (Å²) in [6.45, 7) is 4.24. The van der Waals surface area contributed by atoms with Gasteiger partial charge in [-0.25, -0.2) is 4.39 Å². The minimum absolute atomic E-state index is 0.235. The van der Waals surface area contributed by atoms with Gasteiger partial charge in [0.15, 0.2) is 0 Å². The lowest BCUT2D eigenvalue weighted by Gasteiger charge is -2.06. The summed E-state index contributed by atoms with van der Waals surface area (Å²) in [4.78, 5) is 12.2. The SMILES string of the molecule is Cc1nn(Cc2ccc(F)cc2)c(C)c1NC(=O)/C=C/c1cnn(C)c1. The molecule has 0 spiro atoms. The number of hydrogen-bond donors (Lipinski definition) is 1. The Kier molecular flexibility index (Phi) is 4.97. The van der Waals surface area contributed by atoms with Crippen LogP contribution >= 0.6 is 0 Å². The minimum atomic E-state index is -0.268. The van der Waals surface area contributed by atoms with Gasteiger partial charge in [0.1, 0.15) is 5.82 Å². The van der Waals surface area contributed by atoms with Crippen LogP contribution in [0.1, 0.15) is 22.5 Å². The third kappa shape index (κ3) is 4.05. The zero-order valence-corrected chi connectivity index (χ0v) is 14.9. The number of anilines is 1. The summed E-state index contributed by atoms with van der Waals surface area (Å²) < 4.78 is 16.5. The van der Waals surface area contributed by atoms with E-state index < -0.39 is 0 Å². The maximum absolute atomic E-state index is 13.0. The molecule has 0 fully saturated rings. The highest BCUT2D eigenvalue weighted by atomic mass is 19.1. The van der Waals surface area contributed by atoms with Crippen LogP contribution in [-0.4, -0.2) is 25.5 Å². The molecule has 26 heavy (non-hydrogen) atoms. The molecule has 6 nitrogen and oxygen atoms in total. The molecular weight excluding hydrogens is 333 g/mol. The zero-order valence-electron chi connectivity index (χ0n) is 14.9. The van der Waals surface area contributed by atoms with Gasteiger partial charge in [0, 0.05) is 24.9 Å². The Labute approximate surface area is 151 Å². The van der Waals surface area contributed by atoms with Crippen LogP contribution < -0.4 is 5.32 Å². The summed E-state index contributed by atoms with van der Waals surface area (Å²) in [6.07, 6.45) is 6.67. The minimum Gasteiger partial charge on any atom is -0.319 e. The Bertz CT molecular complexity index is 953. The van der Waals surface area contributed by atoms with Crippen molar-refractivity contribution in [2.75, 3.05) is 5.32 Å². The van der Waals surface area contributed by atoms with Crippen molar-refractivity contribution >= 4 is 17.7 Å². The molecule has 1 amide bonds. The third-order valence-corrected chi connectivity index (χ3v) is 4.03. The van der Waals surface area contributed by atoms with Crippen molar-refractivity contribution in [2.45, 2.75) is 20.4 Å². The monoisotopic (exact) mass is 353 g/mol. The van der Waals surface area contributed by atoms with Crippen LogP contribution in [0, 0.1) is 19.7 Å². The van der Waals surface area contributed by atoms with Gasteiger partial charge in [-0.2, -0.15) is 10.2 Å². The molecule has 134 valence electrons. The fraction of sp³-hybridized carbons (Fsp3) is 0.211. The van der Waals surface area contributed by atoms with E-state index in [9.17, 15) is 9.18 Å². The molecule has 0 atom stereocenters. The summed E-state index contributed by atoms with van der Waals surface area (Å²) >= 11 is 0. The lowest BCUT2D eigenvalue weighted by atomic mass is 10.2. The standard InChI is InChI=1S/C19H20FN5O/c1-13-19(22-18(26)9-6-16-10-21-24(3)11-16)14(2)25(23-13)12-15-4-7-17(20)8-5-15/h4-11H,12H2,1-3H3,(H,22,26)/b9-6+. The predicted octanol–water partition coefficient (Wildman–Crippen LogP) is 3.07. The van der Waals surface area contributed by atoms with Gasteiger partial charge < -0.3 is 5.32 Å². The van der Waals surface area contributed by atoms with Crippen molar-refractivity contribution in [1.29, 1.82) is 0 Å². The maximum Gasteiger partial charge on any atom is 0.248 e. The van der Waals surface area contributed by atoms with Crippen LogP contribution in [0.3, 0.4) is 0 Å². The van der Waals surface area contributed by atoms with Crippen LogP contribution in [0.25, 0.3) is 6.08 Å². The highest BCUT2D eigenvalue weighted by molar-refractivity contribution is 6.02. The van der Waals surface area contributed by atoms with E-state index in [1.54, 1.807) is 33.8 Å². The topological polar surface area (TPSA) is 64.7 Å². The number of rotatable bonds is 5. The van der Waals surface area contributed by atoms with E-state index in [-0.39, 0.29) is 11.7 Å². The number of carbonyl (C=O) groups excluding carboxylic acids is 1. The van der Waals surface area contributed by atoms with E-state index in [1.165, 1.54) is 18.2 Å². The molecule has 3 rings (SSSR count). The number of nitrogens with one attached hydrogen (secondary N) is 1. The second kappa shape index (κ2) is 7.35. The smallest absolute Gasteiger partial charge is 0.248 e. The second-order valence-electron chi connectivity index (χ2n) is 6.10. The van der Waals surface area contributed by atoms with E-state index in [0.29, 0.717) is 12.2 Å². The molecule has 7 heteroatoms. The molecule has 0 aliphatic heterocycles. The zero-order chi connectivity index (χ0) is 18.7. The number of hydrogen-bond acceptors (Lipinski definition) is 3. The van der Waals surface area contributed by atoms with Crippen LogP contribution in [-0.2, 0) is 18.4 Å². The largest absolute Gasteiger partial charge is 0.319 e. The summed E-state index contributed by atoms with van der Waals surface area (Å²) in [6, 6.07) is 6.29. The van der Waals surface area contributed by atoms with Gasteiger partial charge in [-0.15, -0.1) is 0 Å². The van der Waals surface area contributed by atoms with Gasteiger partial charge in [0.05, 0.1) is 29.8 Å². The Morgan fingerprint density at radius 3 is 2.65 bits per heavy atom. The van der Waals surface area contributed by atoms with Gasteiger partial charge in [-0.05, 0) is 37.6 Å². The van der Waals surface area contributed by atoms with Gasteiger partial charge in [-0.3, -0.25) is 14.2 Å². The number of benzene rings is 1. The first kappa shape index (κ1) is 17.6. The molecule has 3 aromatic rings. The van der Waals surface area contributed by atoms with Gasteiger partial charge >= 0.3 is 0 Å². The van der Waals surface area contributed by atoms with Crippen LogP contribution in [0.4, 0.5) is 10.1 Å². The third-order valence-electron chi connectivity index (χ3n) is 4.03. The molecule has 0 bridgehead atoms. The normalized spacial score (nSPS) is 11.2. The van der Waals surface area contributed by atoms with Crippen molar-refractivity contribution in [3.05, 3.63) is 71.1 Å². The average molecular weight is 353 g/mol.